The summed E-state index contributed by atoms with van der Waals surface area (Å²) >= 11 is 0. The molecule has 1 atom stereocenters. The molecule has 0 heterocycles. The molecule has 8 heteroatoms. The van der Waals surface area contributed by atoms with Gasteiger partial charge in [-0.2, -0.15) is 13.2 Å². The summed E-state index contributed by atoms with van der Waals surface area (Å²) in [6.45, 7) is 2.68. The van der Waals surface area contributed by atoms with Gasteiger partial charge in [0.15, 0.2) is 5.96 Å². The number of guanidine groups is 1. The van der Waals surface area contributed by atoms with Crippen molar-refractivity contribution in [2.75, 3.05) is 19.7 Å². The van der Waals surface area contributed by atoms with Crippen molar-refractivity contribution in [2.45, 2.75) is 44.9 Å². The van der Waals surface area contributed by atoms with Gasteiger partial charge >= 0.3 is 6.18 Å². The molecule has 5 nitrogen and oxygen atoms in total. The van der Waals surface area contributed by atoms with Gasteiger partial charge < -0.3 is 20.9 Å². The number of ether oxygens (including phenoxy) is 1. The third-order valence-corrected chi connectivity index (χ3v) is 3.41. The number of benzene rings is 1. The number of nitrogens with zero attached hydrogens (tertiary/aromatic N) is 1. The van der Waals surface area contributed by atoms with Crippen LogP contribution >= 0.6 is 0 Å². The standard InChI is InChI=1S/C17H26F3N3O2/c1-2-3-4-5-9-22-16(21)23-11-14(24)12-25-15-8-6-7-13(10-15)17(18,19)20/h6-8,10,14,24H,2-5,9,11-12H2,1H3,(H3,21,22,23). The zero-order valence-electron chi connectivity index (χ0n) is 14.4. The molecular formula is C17H26F3N3O2. The second-order valence-electron chi connectivity index (χ2n) is 5.70. The second-order valence-corrected chi connectivity index (χ2v) is 5.70. The van der Waals surface area contributed by atoms with Gasteiger partial charge in [0.2, 0.25) is 0 Å². The van der Waals surface area contributed by atoms with Crippen molar-refractivity contribution in [3.63, 3.8) is 0 Å². The first-order valence-corrected chi connectivity index (χ1v) is 8.34. The van der Waals surface area contributed by atoms with E-state index in [2.05, 4.69) is 17.2 Å². The van der Waals surface area contributed by atoms with Gasteiger partial charge in [-0.05, 0) is 24.6 Å². The summed E-state index contributed by atoms with van der Waals surface area (Å²) in [6, 6.07) is 4.50. The first-order valence-electron chi connectivity index (χ1n) is 8.34. The van der Waals surface area contributed by atoms with Crippen molar-refractivity contribution in [1.29, 1.82) is 0 Å². The molecule has 1 unspecified atom stereocenters. The van der Waals surface area contributed by atoms with Crippen LogP contribution in [0.2, 0.25) is 0 Å². The van der Waals surface area contributed by atoms with Gasteiger partial charge in [-0.15, -0.1) is 0 Å². The number of aliphatic hydroxyl groups excluding tert-OH is 1. The van der Waals surface area contributed by atoms with Crippen molar-refractivity contribution in [3.8, 4) is 5.75 Å². The molecule has 4 N–H and O–H groups in total. The smallest absolute Gasteiger partial charge is 0.416 e. The van der Waals surface area contributed by atoms with Crippen LogP contribution < -0.4 is 15.8 Å². The van der Waals surface area contributed by atoms with Crippen LogP contribution in [-0.2, 0) is 6.18 Å². The van der Waals surface area contributed by atoms with Crippen LogP contribution in [0.5, 0.6) is 5.75 Å². The summed E-state index contributed by atoms with van der Waals surface area (Å²) in [7, 11) is 0. The van der Waals surface area contributed by atoms with Crippen LogP contribution in [-0.4, -0.2) is 36.9 Å². The second kappa shape index (κ2) is 10.8. The van der Waals surface area contributed by atoms with Gasteiger partial charge in [0.1, 0.15) is 18.5 Å². The summed E-state index contributed by atoms with van der Waals surface area (Å²) in [5, 5.41) is 12.7. The molecular weight excluding hydrogens is 335 g/mol. The predicted molar refractivity (Wildman–Crippen MR) is 91.6 cm³/mol. The minimum atomic E-state index is -4.43. The van der Waals surface area contributed by atoms with Crippen LogP contribution in [0.25, 0.3) is 0 Å². The number of alkyl halides is 3. The van der Waals surface area contributed by atoms with Crippen LogP contribution in [0.4, 0.5) is 13.2 Å². The molecule has 0 radical (unpaired) electrons. The third kappa shape index (κ3) is 9.19. The fourth-order valence-corrected chi connectivity index (χ4v) is 2.04. The van der Waals surface area contributed by atoms with E-state index in [0.29, 0.717) is 6.54 Å². The molecule has 1 rings (SSSR count). The lowest BCUT2D eigenvalue weighted by molar-refractivity contribution is -0.137. The normalized spacial score (nSPS) is 13.6. The summed E-state index contributed by atoms with van der Waals surface area (Å²) in [5.41, 5.74) is 4.88. The number of rotatable bonds is 10. The number of nitrogens with one attached hydrogen (secondary N) is 1. The van der Waals surface area contributed by atoms with Crippen LogP contribution in [0.1, 0.15) is 38.2 Å². The number of nitrogens with two attached hydrogens (primary N) is 1. The van der Waals surface area contributed by atoms with Crippen molar-refractivity contribution in [1.82, 2.24) is 5.32 Å². The van der Waals surface area contributed by atoms with Crippen molar-refractivity contribution in [2.24, 2.45) is 10.7 Å². The highest BCUT2D eigenvalue weighted by molar-refractivity contribution is 5.77. The van der Waals surface area contributed by atoms with E-state index >= 15 is 0 Å². The van der Waals surface area contributed by atoms with E-state index in [4.69, 9.17) is 10.5 Å². The third-order valence-electron chi connectivity index (χ3n) is 3.41. The number of aliphatic imine (C=N–C) groups is 1. The Kier molecular flexibility index (Phi) is 9.12. The van der Waals surface area contributed by atoms with Crippen LogP contribution in [0, 0.1) is 0 Å². The SMILES string of the molecule is CCCCCCNC(N)=NCC(O)COc1cccc(C(F)(F)F)c1. The summed E-state index contributed by atoms with van der Waals surface area (Å²) in [5.74, 6) is 0.273. The van der Waals surface area contributed by atoms with E-state index in [9.17, 15) is 18.3 Å². The first-order chi connectivity index (χ1) is 11.8. The van der Waals surface area contributed by atoms with E-state index in [1.807, 2.05) is 0 Å². The largest absolute Gasteiger partial charge is 0.491 e. The highest BCUT2D eigenvalue weighted by atomic mass is 19.4. The highest BCUT2D eigenvalue weighted by Crippen LogP contribution is 2.31. The number of unbranched alkanes of at least 4 members (excludes halogenated alkanes) is 3. The van der Waals surface area contributed by atoms with E-state index in [1.54, 1.807) is 0 Å². The van der Waals surface area contributed by atoms with Gasteiger partial charge in [-0.1, -0.05) is 32.3 Å². The Morgan fingerprint density at radius 1 is 1.32 bits per heavy atom. The van der Waals surface area contributed by atoms with Crippen molar-refractivity contribution < 1.29 is 23.0 Å². The van der Waals surface area contributed by atoms with E-state index < -0.39 is 17.8 Å². The molecule has 0 amide bonds. The molecule has 0 fully saturated rings. The molecule has 1 aromatic carbocycles. The lowest BCUT2D eigenvalue weighted by atomic mass is 10.2. The van der Waals surface area contributed by atoms with Gasteiger partial charge in [0.05, 0.1) is 12.1 Å². The van der Waals surface area contributed by atoms with E-state index in [1.165, 1.54) is 18.6 Å². The Morgan fingerprint density at radius 3 is 2.76 bits per heavy atom. The van der Waals surface area contributed by atoms with E-state index in [-0.39, 0.29) is 24.9 Å². The Bertz CT molecular complexity index is 536. The average molecular weight is 361 g/mol. The topological polar surface area (TPSA) is 79.9 Å². The van der Waals surface area contributed by atoms with Gasteiger partial charge in [0, 0.05) is 6.54 Å². The van der Waals surface area contributed by atoms with Crippen LogP contribution in [0.3, 0.4) is 0 Å². The zero-order chi connectivity index (χ0) is 18.7. The molecule has 25 heavy (non-hydrogen) atoms. The molecule has 0 aromatic heterocycles. The molecule has 0 aliphatic rings. The summed E-state index contributed by atoms with van der Waals surface area (Å²) in [4.78, 5) is 3.98. The maximum Gasteiger partial charge on any atom is 0.416 e. The van der Waals surface area contributed by atoms with Gasteiger partial charge in [-0.25, -0.2) is 0 Å². The number of hydrogen-bond donors (Lipinski definition) is 3. The van der Waals surface area contributed by atoms with Crippen LogP contribution in [0.15, 0.2) is 29.3 Å². The highest BCUT2D eigenvalue weighted by Gasteiger charge is 2.30. The van der Waals surface area contributed by atoms with Gasteiger partial charge in [-0.3, -0.25) is 4.99 Å². The van der Waals surface area contributed by atoms with Crippen molar-refractivity contribution >= 4 is 5.96 Å². The molecule has 142 valence electrons. The Hall–Kier alpha value is -1.96. The molecule has 0 saturated heterocycles. The summed E-state index contributed by atoms with van der Waals surface area (Å²) in [6.07, 6.45) is -0.962. The van der Waals surface area contributed by atoms with Gasteiger partial charge in [0.25, 0.3) is 0 Å². The summed E-state index contributed by atoms with van der Waals surface area (Å²) < 4.78 is 43.0. The quantitative estimate of drug-likeness (QED) is 0.340. The molecule has 0 aliphatic carbocycles. The molecule has 1 aromatic rings. The fourth-order valence-electron chi connectivity index (χ4n) is 2.04. The Balaban J connectivity index is 2.32. The molecule has 0 bridgehead atoms. The number of aliphatic hydroxyl groups is 1. The maximum absolute atomic E-state index is 12.6. The number of hydrogen-bond acceptors (Lipinski definition) is 3. The first kappa shape index (κ1) is 21.1. The number of halogens is 3. The minimum absolute atomic E-state index is 0.00670. The zero-order valence-corrected chi connectivity index (χ0v) is 14.4. The fraction of sp³-hybridized carbons (Fsp3) is 0.588. The lowest BCUT2D eigenvalue weighted by Gasteiger charge is -2.13. The average Bonchev–Trinajstić information content (AvgIpc) is 2.57. The monoisotopic (exact) mass is 361 g/mol. The Morgan fingerprint density at radius 2 is 2.08 bits per heavy atom. The Labute approximate surface area is 146 Å². The minimum Gasteiger partial charge on any atom is -0.491 e. The molecule has 0 aliphatic heterocycles. The molecule has 0 spiro atoms. The lowest BCUT2D eigenvalue weighted by Crippen LogP contribution is -2.34. The maximum atomic E-state index is 12.6. The van der Waals surface area contributed by atoms with E-state index in [0.717, 1.165) is 31.4 Å². The molecule has 0 saturated carbocycles. The van der Waals surface area contributed by atoms with Crippen molar-refractivity contribution in [3.05, 3.63) is 29.8 Å². The predicted octanol–water partition coefficient (Wildman–Crippen LogP) is 2.93.